The van der Waals surface area contributed by atoms with Gasteiger partial charge in [0, 0.05) is 5.56 Å². The molecule has 178 valence electrons. The first kappa shape index (κ1) is 23.3. The number of thioether (sulfide) groups is 1. The van der Waals surface area contributed by atoms with Crippen LogP contribution < -0.4 is 14.2 Å². The second-order valence-corrected chi connectivity index (χ2v) is 9.38. The Morgan fingerprint density at radius 1 is 0.914 bits per heavy atom. The molecule has 7 nitrogen and oxygen atoms in total. The summed E-state index contributed by atoms with van der Waals surface area (Å²) in [4.78, 5) is 0. The minimum atomic E-state index is -0.0778. The van der Waals surface area contributed by atoms with E-state index in [1.165, 1.54) is 0 Å². The van der Waals surface area contributed by atoms with Crippen molar-refractivity contribution in [3.8, 4) is 17.2 Å². The Kier molecular flexibility index (Phi) is 6.66. The molecule has 0 unspecified atom stereocenters. The Labute approximate surface area is 212 Å². The summed E-state index contributed by atoms with van der Waals surface area (Å²) >= 11 is 7.89. The highest BCUT2D eigenvalue weighted by Gasteiger charge is 2.30. The summed E-state index contributed by atoms with van der Waals surface area (Å²) in [6.07, 6.45) is 0. The maximum absolute atomic E-state index is 6.30. The smallest absolute Gasteiger partial charge is 0.213 e. The molecule has 0 saturated carbocycles. The first-order valence-corrected chi connectivity index (χ1v) is 12.2. The number of rotatable bonds is 7. The highest BCUT2D eigenvalue weighted by atomic mass is 35.5. The zero-order valence-corrected chi connectivity index (χ0v) is 21.0. The van der Waals surface area contributed by atoms with Gasteiger partial charge in [0.1, 0.15) is 12.4 Å². The molecule has 9 heteroatoms. The summed E-state index contributed by atoms with van der Waals surface area (Å²) in [5, 5.41) is 14.9. The maximum Gasteiger partial charge on any atom is 0.213 e. The van der Waals surface area contributed by atoms with Crippen LogP contribution in [0.5, 0.6) is 17.2 Å². The standard InChI is InChI=1S/C26H23ClN4O3S/c1-16-9-11-19(27)21(13-16)34-15-23-28-29-26-31(23)30-24(25(35-26)17-7-5-4-6-8-17)18-10-12-20(32-2)22(14-18)33-3/h4-14,25H,15H2,1-3H3/t25-/m0/s1. The highest BCUT2D eigenvalue weighted by molar-refractivity contribution is 8.00. The summed E-state index contributed by atoms with van der Waals surface area (Å²) in [6, 6.07) is 21.7. The van der Waals surface area contributed by atoms with E-state index in [1.54, 1.807) is 30.7 Å². The number of aromatic nitrogens is 3. The van der Waals surface area contributed by atoms with E-state index in [4.69, 9.17) is 30.9 Å². The topological polar surface area (TPSA) is 70.8 Å². The fraction of sp³-hybridized carbons (Fsp3) is 0.192. The number of methoxy groups -OCH3 is 2. The number of ether oxygens (including phenoxy) is 3. The number of hydrogen-bond acceptors (Lipinski definition) is 7. The lowest BCUT2D eigenvalue weighted by Gasteiger charge is -2.24. The minimum absolute atomic E-state index is 0.0778. The minimum Gasteiger partial charge on any atom is -0.493 e. The summed E-state index contributed by atoms with van der Waals surface area (Å²) in [5.41, 5.74) is 3.94. The van der Waals surface area contributed by atoms with Gasteiger partial charge in [0.25, 0.3) is 0 Å². The van der Waals surface area contributed by atoms with E-state index < -0.39 is 0 Å². The third kappa shape index (κ3) is 4.72. The van der Waals surface area contributed by atoms with Gasteiger partial charge in [-0.3, -0.25) is 0 Å². The van der Waals surface area contributed by atoms with Crippen LogP contribution in [-0.4, -0.2) is 34.8 Å². The fourth-order valence-corrected chi connectivity index (χ4v) is 5.11. The Morgan fingerprint density at radius 3 is 2.49 bits per heavy atom. The predicted molar refractivity (Wildman–Crippen MR) is 137 cm³/mol. The molecule has 0 saturated heterocycles. The SMILES string of the molecule is COc1ccc(C2=Nn3c(COc4cc(C)ccc4Cl)nnc3S[C@H]2c2ccccc2)cc1OC. The molecule has 0 fully saturated rings. The van der Waals surface area contributed by atoms with Crippen LogP contribution in [0, 0.1) is 6.92 Å². The Bertz CT molecular complexity index is 1390. The van der Waals surface area contributed by atoms with Gasteiger partial charge < -0.3 is 14.2 Å². The summed E-state index contributed by atoms with van der Waals surface area (Å²) in [5.74, 6) is 2.47. The number of aryl methyl sites for hydroxylation is 1. The van der Waals surface area contributed by atoms with E-state index in [0.717, 1.165) is 22.4 Å². The average molecular weight is 507 g/mol. The van der Waals surface area contributed by atoms with E-state index >= 15 is 0 Å². The molecule has 0 bridgehead atoms. The number of benzene rings is 3. The van der Waals surface area contributed by atoms with E-state index in [9.17, 15) is 0 Å². The molecular weight excluding hydrogens is 484 g/mol. The van der Waals surface area contributed by atoms with Crippen LogP contribution in [0.3, 0.4) is 0 Å². The van der Waals surface area contributed by atoms with E-state index in [-0.39, 0.29) is 11.9 Å². The third-order valence-electron chi connectivity index (χ3n) is 5.58. The van der Waals surface area contributed by atoms with Gasteiger partial charge in [-0.2, -0.15) is 9.78 Å². The van der Waals surface area contributed by atoms with Gasteiger partial charge in [-0.25, -0.2) is 0 Å². The third-order valence-corrected chi connectivity index (χ3v) is 7.09. The Balaban J connectivity index is 1.54. The van der Waals surface area contributed by atoms with Crippen molar-refractivity contribution in [1.82, 2.24) is 14.9 Å². The molecule has 0 N–H and O–H groups in total. The lowest BCUT2D eigenvalue weighted by Crippen LogP contribution is -2.19. The van der Waals surface area contributed by atoms with Crippen molar-refractivity contribution in [2.45, 2.75) is 23.9 Å². The molecular formula is C26H23ClN4O3S. The van der Waals surface area contributed by atoms with Crippen molar-refractivity contribution in [1.29, 1.82) is 0 Å². The van der Waals surface area contributed by atoms with Gasteiger partial charge in [-0.1, -0.05) is 59.8 Å². The van der Waals surface area contributed by atoms with Crippen LogP contribution in [0.25, 0.3) is 0 Å². The van der Waals surface area contributed by atoms with Gasteiger partial charge in [-0.05, 0) is 48.4 Å². The Morgan fingerprint density at radius 2 is 1.71 bits per heavy atom. The lowest BCUT2D eigenvalue weighted by atomic mass is 10.0. The zero-order chi connectivity index (χ0) is 24.4. The highest BCUT2D eigenvalue weighted by Crippen LogP contribution is 2.42. The predicted octanol–water partition coefficient (Wildman–Crippen LogP) is 5.94. The molecule has 0 aliphatic carbocycles. The monoisotopic (exact) mass is 506 g/mol. The molecule has 4 aromatic rings. The van der Waals surface area contributed by atoms with Crippen LogP contribution in [0.2, 0.25) is 5.02 Å². The first-order valence-electron chi connectivity index (χ1n) is 10.9. The van der Waals surface area contributed by atoms with Crippen molar-refractivity contribution < 1.29 is 14.2 Å². The molecule has 1 aliphatic heterocycles. The summed E-state index contributed by atoms with van der Waals surface area (Å²) < 4.78 is 18.7. The molecule has 5 rings (SSSR count). The molecule has 2 heterocycles. The van der Waals surface area contributed by atoms with E-state index in [2.05, 4.69) is 22.3 Å². The number of halogens is 1. The van der Waals surface area contributed by atoms with Crippen molar-refractivity contribution in [2.24, 2.45) is 5.10 Å². The quantitative estimate of drug-likeness (QED) is 0.309. The van der Waals surface area contributed by atoms with Gasteiger partial charge >= 0.3 is 0 Å². The number of hydrogen-bond donors (Lipinski definition) is 0. The zero-order valence-electron chi connectivity index (χ0n) is 19.4. The van der Waals surface area contributed by atoms with Crippen LogP contribution in [-0.2, 0) is 6.61 Å². The van der Waals surface area contributed by atoms with Crippen LogP contribution in [0.1, 0.15) is 27.8 Å². The van der Waals surface area contributed by atoms with Crippen LogP contribution in [0.15, 0.2) is 77.0 Å². The van der Waals surface area contributed by atoms with Crippen molar-refractivity contribution in [2.75, 3.05) is 14.2 Å². The van der Waals surface area contributed by atoms with Gasteiger partial charge in [0.2, 0.25) is 5.16 Å². The van der Waals surface area contributed by atoms with Crippen molar-refractivity contribution in [3.05, 3.63) is 94.3 Å². The number of nitrogens with zero attached hydrogens (tertiary/aromatic N) is 4. The molecule has 0 amide bonds. The largest absolute Gasteiger partial charge is 0.493 e. The van der Waals surface area contributed by atoms with Gasteiger partial charge in [0.15, 0.2) is 17.3 Å². The molecule has 35 heavy (non-hydrogen) atoms. The van der Waals surface area contributed by atoms with Gasteiger partial charge in [-0.15, -0.1) is 10.2 Å². The molecule has 0 radical (unpaired) electrons. The normalized spacial score (nSPS) is 14.7. The first-order chi connectivity index (χ1) is 17.1. The van der Waals surface area contributed by atoms with E-state index in [1.807, 2.05) is 61.5 Å². The molecule has 3 aromatic carbocycles. The van der Waals surface area contributed by atoms with E-state index in [0.29, 0.717) is 33.3 Å². The molecule has 1 aromatic heterocycles. The molecule has 1 atom stereocenters. The second kappa shape index (κ2) is 10.0. The van der Waals surface area contributed by atoms with Gasteiger partial charge in [0.05, 0.1) is 30.2 Å². The second-order valence-electron chi connectivity index (χ2n) is 7.90. The van der Waals surface area contributed by atoms with Crippen molar-refractivity contribution in [3.63, 3.8) is 0 Å². The number of fused-ring (bicyclic) bond motifs is 1. The summed E-state index contributed by atoms with van der Waals surface area (Å²) in [6.45, 7) is 2.16. The Hall–Kier alpha value is -3.49. The molecule has 1 aliphatic rings. The van der Waals surface area contributed by atoms with Crippen LogP contribution in [0.4, 0.5) is 0 Å². The molecule has 0 spiro atoms. The summed E-state index contributed by atoms with van der Waals surface area (Å²) in [7, 11) is 3.24. The average Bonchev–Trinajstić information content (AvgIpc) is 3.30. The maximum atomic E-state index is 6.30. The van der Waals surface area contributed by atoms with Crippen LogP contribution >= 0.6 is 23.4 Å². The lowest BCUT2D eigenvalue weighted by molar-refractivity contribution is 0.290. The van der Waals surface area contributed by atoms with Crippen molar-refractivity contribution >= 4 is 29.1 Å². The fourth-order valence-electron chi connectivity index (χ4n) is 3.80.